The van der Waals surface area contributed by atoms with Crippen LogP contribution in [-0.4, -0.2) is 33.3 Å². The summed E-state index contributed by atoms with van der Waals surface area (Å²) in [7, 11) is 0. The van der Waals surface area contributed by atoms with E-state index < -0.39 is 17.8 Å². The van der Waals surface area contributed by atoms with Gasteiger partial charge in [0.15, 0.2) is 0 Å². The van der Waals surface area contributed by atoms with Crippen LogP contribution in [0.25, 0.3) is 0 Å². The molecule has 1 amide bonds. The minimum absolute atomic E-state index is 0.228. The number of amides is 1. The Kier molecular flexibility index (Phi) is 3.67. The van der Waals surface area contributed by atoms with Crippen LogP contribution in [0.3, 0.4) is 0 Å². The molecule has 0 unspecified atom stereocenters. The van der Waals surface area contributed by atoms with E-state index in [2.05, 4.69) is 0 Å². The fourth-order valence-corrected chi connectivity index (χ4v) is 4.02. The van der Waals surface area contributed by atoms with E-state index in [4.69, 9.17) is 4.74 Å². The molecule has 1 N–H and O–H groups in total. The molecule has 5 heteroatoms. The molecule has 1 aliphatic carbocycles. The maximum atomic E-state index is 13.5. The largest absolute Gasteiger partial charge is 0.444 e. The second kappa shape index (κ2) is 5.20. The smallest absolute Gasteiger partial charge is 0.411 e. The average Bonchev–Trinajstić information content (AvgIpc) is 2.84. The Balaban J connectivity index is 1.87. The van der Waals surface area contributed by atoms with Crippen LogP contribution in [0.5, 0.6) is 0 Å². The molecule has 0 aromatic heterocycles. The molecule has 1 aromatic rings. The predicted octanol–water partition coefficient (Wildman–Crippen LogP) is 3.65. The van der Waals surface area contributed by atoms with E-state index in [-0.39, 0.29) is 23.3 Å². The second-order valence-electron chi connectivity index (χ2n) is 8.01. The molecule has 1 aromatic carbocycles. The van der Waals surface area contributed by atoms with Crippen LogP contribution in [0.15, 0.2) is 24.3 Å². The van der Waals surface area contributed by atoms with E-state index in [1.807, 2.05) is 27.7 Å². The molecule has 2 saturated heterocycles. The number of halogens is 1. The maximum absolute atomic E-state index is 13.5. The van der Waals surface area contributed by atoms with E-state index in [1.165, 1.54) is 12.1 Å². The zero-order chi connectivity index (χ0) is 17.0. The van der Waals surface area contributed by atoms with Crippen molar-refractivity contribution in [2.24, 2.45) is 5.92 Å². The van der Waals surface area contributed by atoms with Gasteiger partial charge in [0.25, 0.3) is 0 Å². The molecule has 4 rings (SSSR count). The molecule has 126 valence electrons. The van der Waals surface area contributed by atoms with Gasteiger partial charge in [0.05, 0.1) is 12.1 Å². The van der Waals surface area contributed by atoms with Gasteiger partial charge in [-0.15, -0.1) is 0 Å². The summed E-state index contributed by atoms with van der Waals surface area (Å²) in [6.07, 6.45) is 0.389. The van der Waals surface area contributed by atoms with Crippen molar-refractivity contribution in [2.75, 3.05) is 0 Å². The third-order valence-electron chi connectivity index (χ3n) is 4.87. The summed E-state index contributed by atoms with van der Waals surface area (Å²) in [5, 5.41) is 10.8. The topological polar surface area (TPSA) is 49.8 Å². The molecule has 4 nitrogen and oxygen atoms in total. The van der Waals surface area contributed by atoms with Crippen LogP contribution in [0.2, 0.25) is 0 Å². The lowest BCUT2D eigenvalue weighted by atomic mass is 9.72. The minimum atomic E-state index is -0.910. The molecule has 0 radical (unpaired) electrons. The van der Waals surface area contributed by atoms with Gasteiger partial charge in [0, 0.05) is 5.54 Å². The number of aliphatic hydroxyl groups excluding tert-OH is 1. The molecule has 1 saturated carbocycles. The van der Waals surface area contributed by atoms with Gasteiger partial charge in [-0.05, 0) is 64.2 Å². The van der Waals surface area contributed by atoms with Crippen LogP contribution in [0.1, 0.15) is 52.2 Å². The van der Waals surface area contributed by atoms with Crippen LogP contribution in [0.4, 0.5) is 9.18 Å². The number of fused-ring (bicyclic) bond motifs is 1. The van der Waals surface area contributed by atoms with Crippen molar-refractivity contribution in [3.63, 3.8) is 0 Å². The Morgan fingerprint density at radius 3 is 2.65 bits per heavy atom. The zero-order valence-electron chi connectivity index (χ0n) is 14.0. The van der Waals surface area contributed by atoms with Gasteiger partial charge in [0.1, 0.15) is 11.4 Å². The van der Waals surface area contributed by atoms with Crippen molar-refractivity contribution in [3.05, 3.63) is 35.6 Å². The predicted molar refractivity (Wildman–Crippen MR) is 84.3 cm³/mol. The third-order valence-corrected chi connectivity index (χ3v) is 4.87. The maximum Gasteiger partial charge on any atom is 0.411 e. The third kappa shape index (κ3) is 2.82. The highest BCUT2D eigenvalue weighted by Gasteiger charge is 2.63. The number of benzene rings is 1. The van der Waals surface area contributed by atoms with Crippen molar-refractivity contribution in [2.45, 2.75) is 63.8 Å². The quantitative estimate of drug-likeness (QED) is 0.904. The highest BCUT2D eigenvalue weighted by Crippen LogP contribution is 2.57. The summed E-state index contributed by atoms with van der Waals surface area (Å²) in [6, 6.07) is 5.58. The first-order valence-electron chi connectivity index (χ1n) is 8.07. The number of hydrogen-bond acceptors (Lipinski definition) is 3. The van der Waals surface area contributed by atoms with E-state index in [0.29, 0.717) is 5.56 Å². The van der Waals surface area contributed by atoms with Crippen molar-refractivity contribution in [1.82, 2.24) is 4.90 Å². The fourth-order valence-electron chi connectivity index (χ4n) is 4.02. The first-order valence-corrected chi connectivity index (χ1v) is 8.07. The lowest BCUT2D eigenvalue weighted by Crippen LogP contribution is -2.49. The van der Waals surface area contributed by atoms with Gasteiger partial charge in [-0.25, -0.2) is 9.18 Å². The Bertz CT molecular complexity index is 619. The molecule has 0 spiro atoms. The highest BCUT2D eigenvalue weighted by atomic mass is 19.1. The Hall–Kier alpha value is -1.62. The molecule has 23 heavy (non-hydrogen) atoms. The van der Waals surface area contributed by atoms with Crippen LogP contribution < -0.4 is 0 Å². The Morgan fingerprint density at radius 2 is 2.09 bits per heavy atom. The first-order chi connectivity index (χ1) is 10.6. The highest BCUT2D eigenvalue weighted by molar-refractivity contribution is 5.71. The van der Waals surface area contributed by atoms with Crippen molar-refractivity contribution in [3.8, 4) is 0 Å². The van der Waals surface area contributed by atoms with Gasteiger partial charge >= 0.3 is 6.09 Å². The van der Waals surface area contributed by atoms with Gasteiger partial charge in [-0.1, -0.05) is 12.1 Å². The summed E-state index contributed by atoms with van der Waals surface area (Å²) < 4.78 is 19.0. The lowest BCUT2D eigenvalue weighted by Gasteiger charge is -2.39. The SMILES string of the molecule is CC(C)(C)OC(=O)N1[C@H]([C@H](O)c2cccc(F)c2)C2CC1(C)C2. The van der Waals surface area contributed by atoms with Gasteiger partial charge < -0.3 is 9.84 Å². The molecule has 2 heterocycles. The summed E-state index contributed by atoms with van der Waals surface area (Å²) in [6.45, 7) is 7.49. The second-order valence-corrected chi connectivity index (χ2v) is 8.01. The van der Waals surface area contributed by atoms with Crippen LogP contribution in [-0.2, 0) is 4.74 Å². The number of nitrogens with zero attached hydrogens (tertiary/aromatic N) is 1. The molecular weight excluding hydrogens is 297 g/mol. The van der Waals surface area contributed by atoms with E-state index in [1.54, 1.807) is 17.0 Å². The Labute approximate surface area is 136 Å². The first kappa shape index (κ1) is 16.2. The Morgan fingerprint density at radius 1 is 1.43 bits per heavy atom. The lowest BCUT2D eigenvalue weighted by molar-refractivity contribution is -0.00902. The number of carbonyl (C=O) groups excluding carboxylic acids is 1. The number of hydrogen-bond donors (Lipinski definition) is 1. The van der Waals surface area contributed by atoms with E-state index >= 15 is 0 Å². The van der Waals surface area contributed by atoms with Crippen molar-refractivity contribution >= 4 is 6.09 Å². The number of aliphatic hydroxyl groups is 1. The van der Waals surface area contributed by atoms with E-state index in [9.17, 15) is 14.3 Å². The molecule has 3 fully saturated rings. The number of rotatable bonds is 2. The molecular formula is C18H24FNO3. The molecule has 2 aliphatic heterocycles. The van der Waals surface area contributed by atoms with Crippen molar-refractivity contribution < 1.29 is 19.0 Å². The minimum Gasteiger partial charge on any atom is -0.444 e. The monoisotopic (exact) mass is 321 g/mol. The van der Waals surface area contributed by atoms with Crippen molar-refractivity contribution in [1.29, 1.82) is 0 Å². The van der Waals surface area contributed by atoms with Crippen LogP contribution in [0, 0.1) is 11.7 Å². The number of ether oxygens (including phenoxy) is 1. The summed E-state index contributed by atoms with van der Waals surface area (Å²) >= 11 is 0. The van der Waals surface area contributed by atoms with Gasteiger partial charge in [-0.2, -0.15) is 0 Å². The average molecular weight is 321 g/mol. The molecule has 3 aliphatic rings. The summed E-state index contributed by atoms with van der Waals surface area (Å²) in [5.74, 6) is -0.160. The summed E-state index contributed by atoms with van der Waals surface area (Å²) in [5.41, 5.74) is -0.361. The standard InChI is InChI=1S/C18H24FNO3/c1-17(2,3)23-16(22)20-14(12-9-18(20,4)10-12)15(21)11-6-5-7-13(19)8-11/h5-8,12,14-15,21H,9-10H2,1-4H3/t12?,14-,15+,18?/m0/s1. The summed E-state index contributed by atoms with van der Waals surface area (Å²) in [4.78, 5) is 14.3. The normalized spacial score (nSPS) is 30.8. The molecule has 2 bridgehead atoms. The van der Waals surface area contributed by atoms with Crippen LogP contribution >= 0.6 is 0 Å². The fraction of sp³-hybridized carbons (Fsp3) is 0.611. The number of carbonyl (C=O) groups is 1. The van der Waals surface area contributed by atoms with E-state index in [0.717, 1.165) is 12.8 Å². The molecule has 2 atom stereocenters. The zero-order valence-corrected chi connectivity index (χ0v) is 14.0. The van der Waals surface area contributed by atoms with Gasteiger partial charge in [0.2, 0.25) is 0 Å². The van der Waals surface area contributed by atoms with Gasteiger partial charge in [-0.3, -0.25) is 4.90 Å².